The van der Waals surface area contributed by atoms with Crippen molar-refractivity contribution in [2.45, 2.75) is 6.54 Å². The van der Waals surface area contributed by atoms with Crippen LogP contribution in [0.15, 0.2) is 42.5 Å². The highest BCUT2D eigenvalue weighted by Gasteiger charge is 2.40. The summed E-state index contributed by atoms with van der Waals surface area (Å²) in [6, 6.07) is 9.68. The second-order valence-electron chi connectivity index (χ2n) is 5.16. The molecule has 24 heavy (non-hydrogen) atoms. The first-order chi connectivity index (χ1) is 11.4. The van der Waals surface area contributed by atoms with Crippen LogP contribution in [0.1, 0.15) is 36.6 Å². The highest BCUT2D eigenvalue weighted by molar-refractivity contribution is 6.23. The van der Waals surface area contributed by atoms with Crippen LogP contribution in [-0.2, 0) is 6.54 Å². The number of carbonyl (C=O) groups is 3. The number of hydrogen-bond donors (Lipinski definition) is 1. The van der Waals surface area contributed by atoms with E-state index in [2.05, 4.69) is 0 Å². The number of nitro groups is 1. The van der Waals surface area contributed by atoms with Gasteiger partial charge in [0, 0.05) is 6.07 Å². The lowest BCUT2D eigenvalue weighted by molar-refractivity contribution is -0.385. The van der Waals surface area contributed by atoms with Gasteiger partial charge in [0.05, 0.1) is 22.6 Å². The molecular weight excluding hydrogens is 316 g/mol. The molecule has 0 spiro atoms. The van der Waals surface area contributed by atoms with Gasteiger partial charge in [0.25, 0.3) is 17.5 Å². The zero-order valence-electron chi connectivity index (χ0n) is 12.1. The van der Waals surface area contributed by atoms with E-state index in [1.165, 1.54) is 36.4 Å². The van der Waals surface area contributed by atoms with Crippen LogP contribution in [0, 0.1) is 10.1 Å². The minimum absolute atomic E-state index is 0.0232. The number of nitrogens with zero attached hydrogens (tertiary/aromatic N) is 2. The molecule has 8 nitrogen and oxygen atoms in total. The number of carbonyl (C=O) groups excluding carboxylic acids is 2. The largest absolute Gasteiger partial charge is 0.478 e. The maximum atomic E-state index is 12.4. The predicted octanol–water partition coefficient (Wildman–Crippen LogP) is 2.09. The molecule has 2 aromatic rings. The number of imide groups is 1. The van der Waals surface area contributed by atoms with Gasteiger partial charge in [-0.2, -0.15) is 0 Å². The van der Waals surface area contributed by atoms with Gasteiger partial charge in [0.15, 0.2) is 0 Å². The third-order valence-electron chi connectivity index (χ3n) is 3.69. The van der Waals surface area contributed by atoms with Gasteiger partial charge in [-0.3, -0.25) is 24.6 Å². The molecule has 2 amide bonds. The molecule has 0 saturated heterocycles. The van der Waals surface area contributed by atoms with Crippen LogP contribution in [0.5, 0.6) is 0 Å². The quantitative estimate of drug-likeness (QED) is 0.522. The van der Waals surface area contributed by atoms with Crippen molar-refractivity contribution < 1.29 is 24.4 Å². The summed E-state index contributed by atoms with van der Waals surface area (Å²) in [5.74, 6) is -2.53. The predicted molar refractivity (Wildman–Crippen MR) is 80.7 cm³/mol. The molecule has 0 aliphatic carbocycles. The highest BCUT2D eigenvalue weighted by atomic mass is 16.6. The summed E-state index contributed by atoms with van der Waals surface area (Å²) < 4.78 is 0. The lowest BCUT2D eigenvalue weighted by Gasteiger charge is -2.14. The van der Waals surface area contributed by atoms with Crippen molar-refractivity contribution in [3.8, 4) is 0 Å². The summed E-state index contributed by atoms with van der Waals surface area (Å²) in [6.07, 6.45) is 0. The number of hydrogen-bond acceptors (Lipinski definition) is 5. The zero-order chi connectivity index (χ0) is 17.4. The maximum Gasteiger partial charge on any atom is 0.335 e. The Morgan fingerprint density at radius 1 is 1.12 bits per heavy atom. The van der Waals surface area contributed by atoms with Crippen LogP contribution in [0.3, 0.4) is 0 Å². The van der Waals surface area contributed by atoms with E-state index in [1.54, 1.807) is 6.07 Å². The zero-order valence-corrected chi connectivity index (χ0v) is 12.1. The van der Waals surface area contributed by atoms with Gasteiger partial charge in [-0.15, -0.1) is 0 Å². The van der Waals surface area contributed by atoms with Crippen molar-refractivity contribution >= 4 is 23.5 Å². The highest BCUT2D eigenvalue weighted by Crippen LogP contribution is 2.31. The molecule has 0 radical (unpaired) electrons. The summed E-state index contributed by atoms with van der Waals surface area (Å²) in [4.78, 5) is 47.0. The standard InChI is InChI=1S/C16H10N2O6/c19-14-11-5-2-6-12(18(23)24)13(11)15(20)17(14)8-9-3-1-4-10(7-9)16(21)22/h1-7H,8H2,(H,21,22). The average molecular weight is 326 g/mol. The fourth-order valence-corrected chi connectivity index (χ4v) is 2.60. The SMILES string of the molecule is O=C(O)c1cccc(CN2C(=O)c3cccc([N+](=O)[O-])c3C2=O)c1. The molecule has 1 N–H and O–H groups in total. The molecule has 1 heterocycles. The number of aromatic carboxylic acids is 1. The monoisotopic (exact) mass is 326 g/mol. The number of carboxylic acid groups (broad SMARTS) is 1. The van der Waals surface area contributed by atoms with Gasteiger partial charge in [-0.05, 0) is 23.8 Å². The molecule has 0 atom stereocenters. The van der Waals surface area contributed by atoms with Crippen molar-refractivity contribution in [3.63, 3.8) is 0 Å². The number of fused-ring (bicyclic) bond motifs is 1. The first-order valence-corrected chi connectivity index (χ1v) is 6.86. The topological polar surface area (TPSA) is 118 Å². The molecule has 120 valence electrons. The van der Waals surface area contributed by atoms with E-state index in [0.717, 1.165) is 4.90 Å². The Bertz CT molecular complexity index is 905. The van der Waals surface area contributed by atoms with Crippen LogP contribution < -0.4 is 0 Å². The van der Waals surface area contributed by atoms with Crippen LogP contribution in [0.2, 0.25) is 0 Å². The summed E-state index contributed by atoms with van der Waals surface area (Å²) in [7, 11) is 0. The van der Waals surface area contributed by atoms with Gasteiger partial charge < -0.3 is 5.11 Å². The van der Waals surface area contributed by atoms with Crippen LogP contribution in [0.25, 0.3) is 0 Å². The molecule has 0 unspecified atom stereocenters. The number of amides is 2. The Morgan fingerprint density at radius 2 is 1.83 bits per heavy atom. The molecule has 1 aliphatic heterocycles. The Balaban J connectivity index is 1.97. The van der Waals surface area contributed by atoms with Crippen molar-refractivity contribution in [2.75, 3.05) is 0 Å². The van der Waals surface area contributed by atoms with Crippen molar-refractivity contribution in [1.29, 1.82) is 0 Å². The Hall–Kier alpha value is -3.55. The molecule has 1 aliphatic rings. The van der Waals surface area contributed by atoms with Gasteiger partial charge in [0.2, 0.25) is 0 Å². The number of nitro benzene ring substituents is 1. The fraction of sp³-hybridized carbons (Fsp3) is 0.0625. The average Bonchev–Trinajstić information content (AvgIpc) is 2.80. The molecule has 8 heteroatoms. The summed E-state index contributed by atoms with van der Waals surface area (Å²) >= 11 is 0. The van der Waals surface area contributed by atoms with Crippen LogP contribution in [0.4, 0.5) is 5.69 Å². The molecule has 0 saturated carbocycles. The van der Waals surface area contributed by atoms with Gasteiger partial charge in [-0.1, -0.05) is 18.2 Å². The van der Waals surface area contributed by atoms with Crippen molar-refractivity contribution in [2.24, 2.45) is 0 Å². The van der Waals surface area contributed by atoms with E-state index in [-0.39, 0.29) is 23.2 Å². The van der Waals surface area contributed by atoms with Gasteiger partial charge in [-0.25, -0.2) is 4.79 Å². The minimum atomic E-state index is -1.13. The maximum absolute atomic E-state index is 12.4. The minimum Gasteiger partial charge on any atom is -0.478 e. The van der Waals surface area contributed by atoms with E-state index >= 15 is 0 Å². The van der Waals surface area contributed by atoms with Crippen molar-refractivity contribution in [1.82, 2.24) is 4.90 Å². The first kappa shape index (κ1) is 15.3. The van der Waals surface area contributed by atoms with Crippen LogP contribution in [-0.4, -0.2) is 32.7 Å². The van der Waals surface area contributed by atoms with Gasteiger partial charge >= 0.3 is 5.97 Å². The number of carboxylic acids is 1. The third kappa shape index (κ3) is 2.39. The smallest absolute Gasteiger partial charge is 0.335 e. The van der Waals surface area contributed by atoms with Crippen LogP contribution >= 0.6 is 0 Å². The van der Waals surface area contributed by atoms with E-state index in [0.29, 0.717) is 5.56 Å². The molecular formula is C16H10N2O6. The number of benzene rings is 2. The first-order valence-electron chi connectivity index (χ1n) is 6.86. The second-order valence-corrected chi connectivity index (χ2v) is 5.16. The summed E-state index contributed by atoms with van der Waals surface area (Å²) in [5.41, 5.74) is -0.222. The molecule has 0 fully saturated rings. The fourth-order valence-electron chi connectivity index (χ4n) is 2.60. The number of rotatable bonds is 4. The molecule has 3 rings (SSSR count). The van der Waals surface area contributed by atoms with E-state index in [9.17, 15) is 24.5 Å². The van der Waals surface area contributed by atoms with Gasteiger partial charge in [0.1, 0.15) is 5.56 Å². The lowest BCUT2D eigenvalue weighted by Crippen LogP contribution is -2.29. The lowest BCUT2D eigenvalue weighted by atomic mass is 10.1. The van der Waals surface area contributed by atoms with E-state index in [4.69, 9.17) is 5.11 Å². The molecule has 0 bridgehead atoms. The normalized spacial score (nSPS) is 13.1. The third-order valence-corrected chi connectivity index (χ3v) is 3.69. The summed E-state index contributed by atoms with van der Waals surface area (Å²) in [6.45, 7) is -0.162. The Kier molecular flexibility index (Phi) is 3.57. The second kappa shape index (κ2) is 5.58. The molecule has 0 aromatic heterocycles. The Labute approximate surface area is 135 Å². The molecule has 2 aromatic carbocycles. The van der Waals surface area contributed by atoms with E-state index in [1.807, 2.05) is 0 Å². The summed E-state index contributed by atoms with van der Waals surface area (Å²) in [5, 5.41) is 20.0. The Morgan fingerprint density at radius 3 is 2.50 bits per heavy atom. The van der Waals surface area contributed by atoms with E-state index < -0.39 is 28.4 Å². The van der Waals surface area contributed by atoms with Crippen molar-refractivity contribution in [3.05, 3.63) is 74.8 Å².